The standard InChI is InChI=1S/C10H7BrFN/c1-6-8(12)5-7-3-2-4-13-10(7)9(6)11/h2-5H,1H3. The van der Waals surface area contributed by atoms with Gasteiger partial charge in [-0.05, 0) is 35.0 Å². The van der Waals surface area contributed by atoms with E-state index >= 15 is 0 Å². The van der Waals surface area contributed by atoms with Crippen molar-refractivity contribution in [2.24, 2.45) is 0 Å². The van der Waals surface area contributed by atoms with Crippen molar-refractivity contribution in [2.45, 2.75) is 6.92 Å². The van der Waals surface area contributed by atoms with E-state index in [4.69, 9.17) is 0 Å². The van der Waals surface area contributed by atoms with Crippen LogP contribution in [-0.4, -0.2) is 4.98 Å². The van der Waals surface area contributed by atoms with E-state index in [0.29, 0.717) is 5.56 Å². The maximum atomic E-state index is 13.3. The van der Waals surface area contributed by atoms with Crippen molar-refractivity contribution in [3.05, 3.63) is 40.2 Å². The second-order valence-electron chi connectivity index (χ2n) is 2.87. The van der Waals surface area contributed by atoms with Crippen LogP contribution in [0.3, 0.4) is 0 Å². The quantitative estimate of drug-likeness (QED) is 0.687. The van der Waals surface area contributed by atoms with Crippen molar-refractivity contribution in [1.82, 2.24) is 4.98 Å². The van der Waals surface area contributed by atoms with E-state index in [2.05, 4.69) is 20.9 Å². The monoisotopic (exact) mass is 239 g/mol. The molecule has 0 radical (unpaired) electrons. The summed E-state index contributed by atoms with van der Waals surface area (Å²) in [5, 5.41) is 0.817. The Morgan fingerprint density at radius 2 is 2.23 bits per heavy atom. The highest BCUT2D eigenvalue weighted by molar-refractivity contribution is 9.10. The zero-order valence-corrected chi connectivity index (χ0v) is 8.60. The average Bonchev–Trinajstić information content (AvgIpc) is 2.15. The maximum Gasteiger partial charge on any atom is 0.127 e. The van der Waals surface area contributed by atoms with Gasteiger partial charge in [-0.2, -0.15) is 0 Å². The third kappa shape index (κ3) is 1.33. The Morgan fingerprint density at radius 3 is 3.00 bits per heavy atom. The van der Waals surface area contributed by atoms with Crippen molar-refractivity contribution in [3.8, 4) is 0 Å². The van der Waals surface area contributed by atoms with E-state index in [1.165, 1.54) is 6.07 Å². The summed E-state index contributed by atoms with van der Waals surface area (Å²) < 4.78 is 14.0. The molecule has 0 fully saturated rings. The molecule has 0 N–H and O–H groups in total. The minimum absolute atomic E-state index is 0.202. The highest BCUT2D eigenvalue weighted by Gasteiger charge is 2.07. The summed E-state index contributed by atoms with van der Waals surface area (Å²) in [6, 6.07) is 5.14. The summed E-state index contributed by atoms with van der Waals surface area (Å²) in [5.41, 5.74) is 1.41. The van der Waals surface area contributed by atoms with Crippen molar-refractivity contribution in [3.63, 3.8) is 0 Å². The highest BCUT2D eigenvalue weighted by Crippen LogP contribution is 2.27. The summed E-state index contributed by atoms with van der Waals surface area (Å²) in [7, 11) is 0. The van der Waals surface area contributed by atoms with Gasteiger partial charge in [0.15, 0.2) is 0 Å². The Balaban J connectivity index is 2.94. The minimum atomic E-state index is -0.202. The number of benzene rings is 1. The molecule has 1 aromatic carbocycles. The van der Waals surface area contributed by atoms with Gasteiger partial charge in [0.05, 0.1) is 5.52 Å². The van der Waals surface area contributed by atoms with Crippen molar-refractivity contribution < 1.29 is 4.39 Å². The lowest BCUT2D eigenvalue weighted by Gasteiger charge is -2.03. The molecular formula is C10H7BrFN. The van der Waals surface area contributed by atoms with Crippen LogP contribution >= 0.6 is 15.9 Å². The molecule has 1 heterocycles. The number of fused-ring (bicyclic) bond motifs is 1. The number of rotatable bonds is 0. The second kappa shape index (κ2) is 3.07. The first-order valence-electron chi connectivity index (χ1n) is 3.89. The fraction of sp³-hybridized carbons (Fsp3) is 0.100. The number of hydrogen-bond acceptors (Lipinski definition) is 1. The van der Waals surface area contributed by atoms with Crippen LogP contribution < -0.4 is 0 Å². The fourth-order valence-corrected chi connectivity index (χ4v) is 1.77. The Morgan fingerprint density at radius 1 is 1.46 bits per heavy atom. The van der Waals surface area contributed by atoms with Gasteiger partial charge < -0.3 is 0 Å². The van der Waals surface area contributed by atoms with Crippen LogP contribution in [0, 0.1) is 12.7 Å². The van der Waals surface area contributed by atoms with E-state index in [1.54, 1.807) is 19.2 Å². The smallest absolute Gasteiger partial charge is 0.127 e. The van der Waals surface area contributed by atoms with E-state index in [-0.39, 0.29) is 5.82 Å². The molecule has 0 atom stereocenters. The van der Waals surface area contributed by atoms with Crippen LogP contribution in [0.5, 0.6) is 0 Å². The summed E-state index contributed by atoms with van der Waals surface area (Å²) >= 11 is 3.33. The molecule has 1 nitrogen and oxygen atoms in total. The Labute approximate surface area is 83.7 Å². The molecule has 0 bridgehead atoms. The van der Waals surface area contributed by atoms with Crippen molar-refractivity contribution in [2.75, 3.05) is 0 Å². The van der Waals surface area contributed by atoms with Gasteiger partial charge in [-0.15, -0.1) is 0 Å². The molecule has 0 saturated carbocycles. The zero-order valence-electron chi connectivity index (χ0n) is 7.01. The Bertz CT molecular complexity index is 468. The van der Waals surface area contributed by atoms with Gasteiger partial charge in [-0.25, -0.2) is 4.39 Å². The molecule has 13 heavy (non-hydrogen) atoms. The summed E-state index contributed by atoms with van der Waals surface area (Å²) in [6.07, 6.45) is 1.70. The number of halogens is 2. The molecule has 0 amide bonds. The van der Waals surface area contributed by atoms with E-state index in [1.807, 2.05) is 6.07 Å². The van der Waals surface area contributed by atoms with Crippen LogP contribution in [0.1, 0.15) is 5.56 Å². The third-order valence-corrected chi connectivity index (χ3v) is 2.99. The molecule has 0 aliphatic rings. The number of pyridine rings is 1. The first kappa shape index (κ1) is 8.63. The van der Waals surface area contributed by atoms with Gasteiger partial charge in [-0.3, -0.25) is 4.98 Å². The summed E-state index contributed by atoms with van der Waals surface area (Å²) in [4.78, 5) is 4.17. The first-order valence-corrected chi connectivity index (χ1v) is 4.69. The van der Waals surface area contributed by atoms with Gasteiger partial charge in [0, 0.05) is 21.6 Å². The van der Waals surface area contributed by atoms with E-state index in [0.717, 1.165) is 15.4 Å². The predicted octanol–water partition coefficient (Wildman–Crippen LogP) is 3.44. The SMILES string of the molecule is Cc1c(F)cc2cccnc2c1Br. The Kier molecular flexibility index (Phi) is 2.04. The molecule has 0 aliphatic carbocycles. The van der Waals surface area contributed by atoms with Gasteiger partial charge in [0.2, 0.25) is 0 Å². The lowest BCUT2D eigenvalue weighted by Crippen LogP contribution is -1.88. The maximum absolute atomic E-state index is 13.3. The third-order valence-electron chi connectivity index (χ3n) is 2.02. The van der Waals surface area contributed by atoms with Crippen molar-refractivity contribution in [1.29, 1.82) is 0 Å². The lowest BCUT2D eigenvalue weighted by atomic mass is 10.1. The van der Waals surface area contributed by atoms with Gasteiger partial charge >= 0.3 is 0 Å². The largest absolute Gasteiger partial charge is 0.255 e. The van der Waals surface area contributed by atoms with Crippen LogP contribution in [0.25, 0.3) is 10.9 Å². The van der Waals surface area contributed by atoms with Crippen LogP contribution in [-0.2, 0) is 0 Å². The predicted molar refractivity (Wildman–Crippen MR) is 54.1 cm³/mol. The molecule has 1 aromatic heterocycles. The van der Waals surface area contributed by atoms with Crippen molar-refractivity contribution >= 4 is 26.8 Å². The number of nitrogens with zero attached hydrogens (tertiary/aromatic N) is 1. The van der Waals surface area contributed by atoms with Crippen LogP contribution in [0.15, 0.2) is 28.9 Å². The normalized spacial score (nSPS) is 10.7. The molecule has 66 valence electrons. The highest BCUT2D eigenvalue weighted by atomic mass is 79.9. The zero-order chi connectivity index (χ0) is 9.42. The molecule has 0 spiro atoms. The lowest BCUT2D eigenvalue weighted by molar-refractivity contribution is 0.619. The Hall–Kier alpha value is -0.960. The first-order chi connectivity index (χ1) is 6.20. The van der Waals surface area contributed by atoms with E-state index in [9.17, 15) is 4.39 Å². The molecule has 2 aromatic rings. The van der Waals surface area contributed by atoms with Crippen LogP contribution in [0.4, 0.5) is 4.39 Å². The molecule has 0 aliphatic heterocycles. The van der Waals surface area contributed by atoms with Gasteiger partial charge in [0.25, 0.3) is 0 Å². The molecule has 0 saturated heterocycles. The molecular weight excluding hydrogens is 233 g/mol. The number of aromatic nitrogens is 1. The average molecular weight is 240 g/mol. The fourth-order valence-electron chi connectivity index (χ4n) is 1.24. The topological polar surface area (TPSA) is 12.9 Å². The minimum Gasteiger partial charge on any atom is -0.255 e. The molecule has 3 heteroatoms. The van der Waals surface area contributed by atoms with Gasteiger partial charge in [-0.1, -0.05) is 6.07 Å². The molecule has 2 rings (SSSR count). The van der Waals surface area contributed by atoms with Crippen LogP contribution in [0.2, 0.25) is 0 Å². The number of hydrogen-bond donors (Lipinski definition) is 0. The molecule has 0 unspecified atom stereocenters. The van der Waals surface area contributed by atoms with E-state index < -0.39 is 0 Å². The second-order valence-corrected chi connectivity index (χ2v) is 3.67. The summed E-state index contributed by atoms with van der Waals surface area (Å²) in [6.45, 7) is 1.73. The summed E-state index contributed by atoms with van der Waals surface area (Å²) in [5.74, 6) is -0.202. The van der Waals surface area contributed by atoms with Gasteiger partial charge in [0.1, 0.15) is 5.82 Å².